The van der Waals surface area contributed by atoms with Gasteiger partial charge in [0.25, 0.3) is 0 Å². The van der Waals surface area contributed by atoms with E-state index < -0.39 is 22.9 Å². The number of nitrogens with zero attached hydrogens (tertiary/aromatic N) is 2. The molecule has 4 atom stereocenters. The Hall–Kier alpha value is -3.39. The molecule has 46 heavy (non-hydrogen) atoms. The van der Waals surface area contributed by atoms with Crippen LogP contribution < -0.4 is 9.64 Å². The summed E-state index contributed by atoms with van der Waals surface area (Å²) in [6.45, 7) is 2.33. The van der Waals surface area contributed by atoms with Crippen molar-refractivity contribution in [1.29, 1.82) is 0 Å². The van der Waals surface area contributed by atoms with Crippen LogP contribution in [0.2, 0.25) is 0 Å². The summed E-state index contributed by atoms with van der Waals surface area (Å²) in [4.78, 5) is 44.9. The van der Waals surface area contributed by atoms with E-state index in [2.05, 4.69) is 0 Å². The van der Waals surface area contributed by atoms with Crippen LogP contribution in [0.3, 0.4) is 0 Å². The van der Waals surface area contributed by atoms with Crippen molar-refractivity contribution in [3.8, 4) is 5.75 Å². The van der Waals surface area contributed by atoms with Gasteiger partial charge in [-0.15, -0.1) is 23.2 Å². The number of rotatable bonds is 5. The van der Waals surface area contributed by atoms with Gasteiger partial charge in [0.15, 0.2) is 0 Å². The second kappa shape index (κ2) is 10.8. The highest BCUT2D eigenvalue weighted by molar-refractivity contribution is 6.19. The highest BCUT2D eigenvalue weighted by Gasteiger charge is 2.67. The first kappa shape index (κ1) is 30.0. The van der Waals surface area contributed by atoms with Gasteiger partial charge in [0.2, 0.25) is 11.8 Å². The van der Waals surface area contributed by atoms with Crippen LogP contribution in [0.5, 0.6) is 5.75 Å². The monoisotopic (exact) mass is 658 g/mol. The van der Waals surface area contributed by atoms with Crippen LogP contribution >= 0.6 is 23.2 Å². The summed E-state index contributed by atoms with van der Waals surface area (Å²) in [7, 11) is 0. The number of carbonyl (C=O) groups is 3. The number of anilines is 1. The second-order valence-corrected chi connectivity index (χ2v) is 14.6. The molecule has 0 spiro atoms. The molecule has 0 radical (unpaired) electrons. The zero-order valence-electron chi connectivity index (χ0n) is 25.7. The number of alkyl halides is 2. The number of carbonyl (C=O) groups excluding carboxylic acids is 3. The summed E-state index contributed by atoms with van der Waals surface area (Å²) < 4.78 is 5.63. The molecule has 0 aromatic heterocycles. The molecular weight excluding hydrogens is 623 g/mol. The number of likely N-dealkylation sites (tertiary alicyclic amines) is 1. The third-order valence-corrected chi connectivity index (χ3v) is 12.1. The SMILES string of the molecule is CC(=O)Oc1cc2c(c3ccccc13)C(CCl)CN2C(=O)C12CCCC(C(=O)N3CC(CCl)C4C3=CC(O)c3ccccc34)(C1)C2. The molecular formula is C37H36Cl2N2O5. The van der Waals surface area contributed by atoms with Crippen LogP contribution in [0.15, 0.2) is 66.4 Å². The molecule has 2 aliphatic heterocycles. The summed E-state index contributed by atoms with van der Waals surface area (Å²) in [6.07, 6.45) is 4.29. The lowest BCUT2D eigenvalue weighted by atomic mass is 9.44. The average Bonchev–Trinajstić information content (AvgIpc) is 3.62. The van der Waals surface area contributed by atoms with Crippen molar-refractivity contribution in [2.24, 2.45) is 16.7 Å². The van der Waals surface area contributed by atoms with Gasteiger partial charge in [-0.1, -0.05) is 55.0 Å². The van der Waals surface area contributed by atoms with Crippen LogP contribution in [-0.2, 0) is 14.4 Å². The Labute approximate surface area is 278 Å². The molecule has 6 aliphatic rings. The third-order valence-electron chi connectivity index (χ3n) is 11.3. The first-order valence-corrected chi connectivity index (χ1v) is 17.3. The molecule has 1 N–H and O–H groups in total. The highest BCUT2D eigenvalue weighted by atomic mass is 35.5. The number of hydrogen-bond acceptors (Lipinski definition) is 5. The number of esters is 1. The molecule has 4 fully saturated rings. The van der Waals surface area contributed by atoms with Crippen LogP contribution in [0.1, 0.15) is 73.7 Å². The summed E-state index contributed by atoms with van der Waals surface area (Å²) in [5, 5.41) is 12.8. The Balaban J connectivity index is 1.10. The Morgan fingerprint density at radius 1 is 0.891 bits per heavy atom. The third kappa shape index (κ3) is 4.24. The minimum Gasteiger partial charge on any atom is -0.426 e. The van der Waals surface area contributed by atoms with E-state index in [4.69, 9.17) is 27.9 Å². The number of aliphatic hydroxyl groups excluding tert-OH is 1. The van der Waals surface area contributed by atoms with Gasteiger partial charge in [0.05, 0.1) is 22.6 Å². The molecule has 3 aromatic rings. The van der Waals surface area contributed by atoms with E-state index in [1.807, 2.05) is 70.5 Å². The van der Waals surface area contributed by atoms with Crippen LogP contribution in [0, 0.1) is 16.7 Å². The summed E-state index contributed by atoms with van der Waals surface area (Å²) in [6, 6.07) is 17.5. The molecule has 4 aliphatic carbocycles. The van der Waals surface area contributed by atoms with Gasteiger partial charge >= 0.3 is 5.97 Å². The number of allylic oxidation sites excluding steroid dienone is 1. The normalized spacial score (nSPS) is 30.7. The van der Waals surface area contributed by atoms with Gasteiger partial charge in [-0.3, -0.25) is 14.4 Å². The van der Waals surface area contributed by atoms with Crippen molar-refractivity contribution in [2.75, 3.05) is 29.7 Å². The molecule has 3 aromatic carbocycles. The van der Waals surface area contributed by atoms with Gasteiger partial charge in [-0.05, 0) is 53.8 Å². The lowest BCUT2D eigenvalue weighted by Crippen LogP contribution is -2.63. The van der Waals surface area contributed by atoms with Crippen LogP contribution in [0.4, 0.5) is 5.69 Å². The predicted molar refractivity (Wildman–Crippen MR) is 177 cm³/mol. The van der Waals surface area contributed by atoms with Gasteiger partial charge in [0.1, 0.15) is 5.75 Å². The van der Waals surface area contributed by atoms with Gasteiger partial charge in [-0.2, -0.15) is 0 Å². The fraction of sp³-hybridized carbons (Fsp3) is 0.432. The number of hydrogen-bond donors (Lipinski definition) is 1. The molecule has 7 nitrogen and oxygen atoms in total. The predicted octanol–water partition coefficient (Wildman–Crippen LogP) is 6.80. The van der Waals surface area contributed by atoms with Crippen LogP contribution in [-0.4, -0.2) is 52.6 Å². The summed E-state index contributed by atoms with van der Waals surface area (Å²) >= 11 is 13.0. The van der Waals surface area contributed by atoms with Crippen molar-refractivity contribution >= 4 is 57.4 Å². The van der Waals surface area contributed by atoms with E-state index in [9.17, 15) is 19.5 Å². The molecule has 3 saturated carbocycles. The molecule has 9 heteroatoms. The summed E-state index contributed by atoms with van der Waals surface area (Å²) in [5.74, 6) is 0.779. The van der Waals surface area contributed by atoms with Crippen molar-refractivity contribution in [3.05, 3.63) is 83.1 Å². The van der Waals surface area contributed by atoms with E-state index in [0.29, 0.717) is 43.4 Å². The first-order chi connectivity index (χ1) is 22.2. The molecule has 2 heterocycles. The largest absolute Gasteiger partial charge is 0.426 e. The van der Waals surface area contributed by atoms with E-state index in [0.717, 1.165) is 58.1 Å². The average molecular weight is 660 g/mol. The standard InChI is InChI=1S/C37H36Cl2N2O5/c1-21(42)46-31-14-29-33(27-10-5-3-8-25(27)31)23(16-39)18-41(29)35(45)37-12-6-11-36(19-37,20-37)34(44)40-17-22(15-38)32-26-9-4-2-7-24(26)30(43)13-28(32)40/h2-5,7-10,13-14,22-23,30,32,43H,6,11-12,15-20H2,1H3. The number of fused-ring (bicyclic) bond motifs is 8. The fourth-order valence-corrected chi connectivity index (χ4v) is 10.1. The molecule has 1 saturated heterocycles. The maximum Gasteiger partial charge on any atom is 0.308 e. The van der Waals surface area contributed by atoms with Gasteiger partial charge in [0, 0.05) is 66.7 Å². The Morgan fingerprint density at radius 2 is 1.54 bits per heavy atom. The van der Waals surface area contributed by atoms with Crippen molar-refractivity contribution < 1.29 is 24.2 Å². The fourth-order valence-electron chi connectivity index (χ4n) is 9.54. The lowest BCUT2D eigenvalue weighted by molar-refractivity contribution is -0.173. The molecule has 238 valence electrons. The Morgan fingerprint density at radius 3 is 2.22 bits per heavy atom. The number of ether oxygens (including phenoxy) is 1. The van der Waals surface area contributed by atoms with E-state index >= 15 is 0 Å². The van der Waals surface area contributed by atoms with Crippen LogP contribution in [0.25, 0.3) is 10.8 Å². The lowest BCUT2D eigenvalue weighted by Gasteiger charge is -2.60. The Bertz CT molecular complexity index is 1830. The first-order valence-electron chi connectivity index (χ1n) is 16.2. The van der Waals surface area contributed by atoms with E-state index in [-0.39, 0.29) is 29.6 Å². The number of halogens is 2. The molecule has 9 rings (SSSR count). The highest BCUT2D eigenvalue weighted by Crippen LogP contribution is 2.66. The van der Waals surface area contributed by atoms with Gasteiger partial charge < -0.3 is 19.6 Å². The van der Waals surface area contributed by atoms with Crippen molar-refractivity contribution in [1.82, 2.24) is 4.90 Å². The van der Waals surface area contributed by atoms with Crippen molar-refractivity contribution in [3.63, 3.8) is 0 Å². The molecule has 2 amide bonds. The maximum atomic E-state index is 14.6. The topological polar surface area (TPSA) is 87.2 Å². The van der Waals surface area contributed by atoms with E-state index in [1.165, 1.54) is 6.92 Å². The van der Waals surface area contributed by atoms with Crippen molar-refractivity contribution in [2.45, 2.75) is 57.0 Å². The minimum absolute atomic E-state index is 0.0210. The quantitative estimate of drug-likeness (QED) is 0.185. The zero-order valence-corrected chi connectivity index (χ0v) is 27.2. The number of amides is 2. The van der Waals surface area contributed by atoms with Gasteiger partial charge in [-0.25, -0.2) is 0 Å². The Kier molecular flexibility index (Phi) is 7.06. The molecule has 4 unspecified atom stereocenters. The second-order valence-electron chi connectivity index (χ2n) is 14.0. The summed E-state index contributed by atoms with van der Waals surface area (Å²) in [5.41, 5.74) is 3.23. The number of aliphatic hydroxyl groups is 1. The smallest absolute Gasteiger partial charge is 0.308 e. The minimum atomic E-state index is -0.782. The molecule has 2 bridgehead atoms. The van der Waals surface area contributed by atoms with E-state index in [1.54, 1.807) is 0 Å². The maximum absolute atomic E-state index is 14.6. The zero-order chi connectivity index (χ0) is 32.0. The number of benzene rings is 3.